The van der Waals surface area contributed by atoms with Gasteiger partial charge in [0.2, 0.25) is 5.91 Å². The molecule has 1 atom stereocenters. The first-order chi connectivity index (χ1) is 13.2. The average Bonchev–Trinajstić information content (AvgIpc) is 2.99. The van der Waals surface area contributed by atoms with Gasteiger partial charge in [-0.05, 0) is 38.8 Å². The van der Waals surface area contributed by atoms with E-state index >= 15 is 0 Å². The predicted octanol–water partition coefficient (Wildman–Crippen LogP) is 2.21. The van der Waals surface area contributed by atoms with Gasteiger partial charge in [0.15, 0.2) is 0 Å². The summed E-state index contributed by atoms with van der Waals surface area (Å²) >= 11 is 0. The number of aliphatic carboxylic acids is 1. The van der Waals surface area contributed by atoms with Crippen molar-refractivity contribution in [2.45, 2.75) is 51.7 Å². The third-order valence-corrected chi connectivity index (χ3v) is 4.18. The fraction of sp³-hybridized carbons (Fsp3) is 0.550. The van der Waals surface area contributed by atoms with Crippen molar-refractivity contribution in [3.63, 3.8) is 0 Å². The second-order valence-electron chi connectivity index (χ2n) is 7.68. The standard InChI is InChI=1S/C20H28N2O6/c1-20(2,3)28-19(26)21-15(18(24)25)13-14-7-4-5-8-16(14)27-12-11-22-10-6-9-17(22)23/h4-5,7-8,15H,6,9-13H2,1-3H3,(H,21,26)(H,24,25). The van der Waals surface area contributed by atoms with E-state index in [2.05, 4.69) is 5.32 Å². The molecular formula is C20H28N2O6. The lowest BCUT2D eigenvalue weighted by Gasteiger charge is -2.22. The van der Waals surface area contributed by atoms with E-state index in [0.29, 0.717) is 30.9 Å². The Morgan fingerprint density at radius 1 is 1.29 bits per heavy atom. The maximum atomic E-state index is 11.9. The quantitative estimate of drug-likeness (QED) is 0.703. The van der Waals surface area contributed by atoms with Crippen LogP contribution >= 0.6 is 0 Å². The number of carbonyl (C=O) groups is 3. The summed E-state index contributed by atoms with van der Waals surface area (Å²) in [4.78, 5) is 36.9. The van der Waals surface area contributed by atoms with Crippen molar-refractivity contribution in [3.8, 4) is 5.75 Å². The fourth-order valence-corrected chi connectivity index (χ4v) is 2.89. The first kappa shape index (κ1) is 21.5. The molecule has 1 aromatic rings. The summed E-state index contributed by atoms with van der Waals surface area (Å²) in [6.45, 7) is 6.67. The van der Waals surface area contributed by atoms with Crippen LogP contribution < -0.4 is 10.1 Å². The van der Waals surface area contributed by atoms with E-state index in [1.165, 1.54) is 0 Å². The molecule has 0 spiro atoms. The zero-order valence-electron chi connectivity index (χ0n) is 16.6. The van der Waals surface area contributed by atoms with Crippen molar-refractivity contribution in [2.75, 3.05) is 19.7 Å². The van der Waals surface area contributed by atoms with Crippen LogP contribution in [0.3, 0.4) is 0 Å². The number of nitrogens with zero attached hydrogens (tertiary/aromatic N) is 1. The molecule has 0 saturated carbocycles. The van der Waals surface area contributed by atoms with Gasteiger partial charge < -0.3 is 24.8 Å². The third kappa shape index (κ3) is 6.75. The number of amides is 2. The van der Waals surface area contributed by atoms with Crippen LogP contribution in [0.5, 0.6) is 5.75 Å². The van der Waals surface area contributed by atoms with E-state index in [1.54, 1.807) is 49.9 Å². The lowest BCUT2D eigenvalue weighted by atomic mass is 10.1. The number of alkyl carbamates (subject to hydrolysis) is 1. The summed E-state index contributed by atoms with van der Waals surface area (Å²) in [6.07, 6.45) is 0.706. The number of nitrogens with one attached hydrogen (secondary N) is 1. The first-order valence-electron chi connectivity index (χ1n) is 9.36. The van der Waals surface area contributed by atoms with Crippen molar-refractivity contribution in [2.24, 2.45) is 0 Å². The number of benzene rings is 1. The zero-order valence-corrected chi connectivity index (χ0v) is 16.6. The van der Waals surface area contributed by atoms with Crippen LogP contribution in [0.1, 0.15) is 39.2 Å². The molecule has 1 unspecified atom stereocenters. The summed E-state index contributed by atoms with van der Waals surface area (Å²) in [7, 11) is 0. The highest BCUT2D eigenvalue weighted by molar-refractivity contribution is 5.80. The third-order valence-electron chi connectivity index (χ3n) is 4.18. The Labute approximate surface area is 164 Å². The van der Waals surface area contributed by atoms with Crippen molar-refractivity contribution >= 4 is 18.0 Å². The van der Waals surface area contributed by atoms with Gasteiger partial charge in [-0.25, -0.2) is 9.59 Å². The minimum Gasteiger partial charge on any atom is -0.491 e. The van der Waals surface area contributed by atoms with Gasteiger partial charge in [-0.1, -0.05) is 18.2 Å². The maximum Gasteiger partial charge on any atom is 0.408 e. The lowest BCUT2D eigenvalue weighted by Crippen LogP contribution is -2.44. The van der Waals surface area contributed by atoms with Gasteiger partial charge >= 0.3 is 12.1 Å². The van der Waals surface area contributed by atoms with Gasteiger partial charge in [0.25, 0.3) is 0 Å². The van der Waals surface area contributed by atoms with Gasteiger partial charge in [0, 0.05) is 19.4 Å². The van der Waals surface area contributed by atoms with Crippen molar-refractivity contribution < 1.29 is 29.0 Å². The summed E-state index contributed by atoms with van der Waals surface area (Å²) < 4.78 is 10.9. The minimum absolute atomic E-state index is 0.0490. The number of ether oxygens (including phenoxy) is 2. The number of carboxylic acids is 1. The van der Waals surface area contributed by atoms with Crippen LogP contribution in [0.25, 0.3) is 0 Å². The molecule has 8 nitrogen and oxygen atoms in total. The highest BCUT2D eigenvalue weighted by Gasteiger charge is 2.25. The summed E-state index contributed by atoms with van der Waals surface area (Å²) in [5.74, 6) is -0.501. The number of para-hydroxylation sites is 1. The largest absolute Gasteiger partial charge is 0.491 e. The Morgan fingerprint density at radius 3 is 2.61 bits per heavy atom. The molecule has 0 aromatic heterocycles. The monoisotopic (exact) mass is 392 g/mol. The molecule has 2 N–H and O–H groups in total. The number of hydrogen-bond donors (Lipinski definition) is 2. The molecule has 8 heteroatoms. The van der Waals surface area contributed by atoms with E-state index in [4.69, 9.17) is 9.47 Å². The number of carbonyl (C=O) groups excluding carboxylic acids is 2. The fourth-order valence-electron chi connectivity index (χ4n) is 2.89. The first-order valence-corrected chi connectivity index (χ1v) is 9.36. The Hall–Kier alpha value is -2.77. The molecule has 154 valence electrons. The minimum atomic E-state index is -1.16. The molecule has 2 rings (SSSR count). The molecule has 1 aliphatic heterocycles. The molecule has 1 heterocycles. The SMILES string of the molecule is CC(C)(C)OC(=O)NC(Cc1ccccc1OCCN1CCCC1=O)C(=O)O. The number of hydrogen-bond acceptors (Lipinski definition) is 5. The van der Waals surface area contributed by atoms with E-state index in [9.17, 15) is 19.5 Å². The summed E-state index contributed by atoms with van der Waals surface area (Å²) in [5, 5.41) is 11.9. The highest BCUT2D eigenvalue weighted by atomic mass is 16.6. The molecule has 28 heavy (non-hydrogen) atoms. The van der Waals surface area contributed by atoms with Crippen LogP contribution in [0, 0.1) is 0 Å². The Balaban J connectivity index is 1.97. The zero-order chi connectivity index (χ0) is 20.7. The molecule has 1 aliphatic rings. The lowest BCUT2D eigenvalue weighted by molar-refractivity contribution is -0.139. The van der Waals surface area contributed by atoms with E-state index in [1.807, 2.05) is 0 Å². The molecule has 1 fully saturated rings. The molecule has 2 amide bonds. The van der Waals surface area contributed by atoms with Crippen LogP contribution in [0.2, 0.25) is 0 Å². The van der Waals surface area contributed by atoms with Crippen LogP contribution in [0.4, 0.5) is 4.79 Å². The second kappa shape index (κ2) is 9.43. The molecule has 0 bridgehead atoms. The van der Waals surface area contributed by atoms with Gasteiger partial charge in [-0.3, -0.25) is 4.79 Å². The number of rotatable bonds is 8. The van der Waals surface area contributed by atoms with Gasteiger partial charge in [0.1, 0.15) is 24.0 Å². The molecular weight excluding hydrogens is 364 g/mol. The van der Waals surface area contributed by atoms with E-state index < -0.39 is 23.7 Å². The van der Waals surface area contributed by atoms with Crippen molar-refractivity contribution in [1.29, 1.82) is 0 Å². The topological polar surface area (TPSA) is 105 Å². The molecule has 0 aliphatic carbocycles. The second-order valence-corrected chi connectivity index (χ2v) is 7.68. The molecule has 1 saturated heterocycles. The summed E-state index contributed by atoms with van der Waals surface area (Å²) in [6, 6.07) is 5.91. The van der Waals surface area contributed by atoms with Crippen molar-refractivity contribution in [3.05, 3.63) is 29.8 Å². The number of likely N-dealkylation sites (tertiary alicyclic amines) is 1. The Kier molecular flexibility index (Phi) is 7.25. The van der Waals surface area contributed by atoms with E-state index in [0.717, 1.165) is 13.0 Å². The molecule has 1 aromatic carbocycles. The van der Waals surface area contributed by atoms with Crippen LogP contribution in [-0.4, -0.2) is 59.3 Å². The highest BCUT2D eigenvalue weighted by Crippen LogP contribution is 2.20. The van der Waals surface area contributed by atoms with E-state index in [-0.39, 0.29) is 12.3 Å². The Morgan fingerprint density at radius 2 is 2.00 bits per heavy atom. The summed E-state index contributed by atoms with van der Waals surface area (Å²) in [5.41, 5.74) is -0.0695. The average molecular weight is 392 g/mol. The van der Waals surface area contributed by atoms with Crippen LogP contribution in [0.15, 0.2) is 24.3 Å². The van der Waals surface area contributed by atoms with Crippen molar-refractivity contribution in [1.82, 2.24) is 10.2 Å². The number of carboxylic acid groups (broad SMARTS) is 1. The van der Waals surface area contributed by atoms with Gasteiger partial charge in [-0.2, -0.15) is 0 Å². The Bertz CT molecular complexity index is 713. The predicted molar refractivity (Wildman–Crippen MR) is 102 cm³/mol. The normalized spacial score (nSPS) is 15.2. The molecule has 0 radical (unpaired) electrons. The van der Waals surface area contributed by atoms with Gasteiger partial charge in [-0.15, -0.1) is 0 Å². The van der Waals surface area contributed by atoms with Crippen LogP contribution in [-0.2, 0) is 20.7 Å². The smallest absolute Gasteiger partial charge is 0.408 e. The van der Waals surface area contributed by atoms with Gasteiger partial charge in [0.05, 0.1) is 6.54 Å². The maximum absolute atomic E-state index is 11.9.